The maximum Gasteiger partial charge on any atom is 0.145 e. The molecule has 4 N–H and O–H groups in total. The third-order valence-electron chi connectivity index (χ3n) is 9.44. The topological polar surface area (TPSA) is 107 Å². The Balaban J connectivity index is 1.99. The fourth-order valence-corrected chi connectivity index (χ4v) is 7.61. The minimum Gasteiger partial charge on any atom is -0.396 e. The van der Waals surface area contributed by atoms with Crippen LogP contribution in [0.3, 0.4) is 0 Å². The molecule has 40 heavy (non-hydrogen) atoms. The van der Waals surface area contributed by atoms with E-state index in [1.165, 1.54) is 5.57 Å². The number of rotatable bonds is 13. The summed E-state index contributed by atoms with van der Waals surface area (Å²) >= 11 is 0. The van der Waals surface area contributed by atoms with Crippen molar-refractivity contribution in [3.05, 3.63) is 70.9 Å². The van der Waals surface area contributed by atoms with E-state index in [1.807, 2.05) is 32.1 Å². The Labute approximate surface area is 240 Å². The van der Waals surface area contributed by atoms with Gasteiger partial charge in [0.2, 0.25) is 0 Å². The molecule has 3 rings (SSSR count). The van der Waals surface area contributed by atoms with Crippen LogP contribution in [0.4, 0.5) is 0 Å². The largest absolute Gasteiger partial charge is 0.396 e. The molecule has 0 saturated heterocycles. The lowest BCUT2D eigenvalue weighted by molar-refractivity contribution is -0.181. The van der Waals surface area contributed by atoms with Crippen LogP contribution in [0.5, 0.6) is 0 Å². The molecule has 222 valence electrons. The van der Waals surface area contributed by atoms with E-state index < -0.39 is 17.1 Å². The van der Waals surface area contributed by atoms with E-state index in [1.54, 1.807) is 0 Å². The summed E-state index contributed by atoms with van der Waals surface area (Å²) in [6.07, 6.45) is 16.3. The molecule has 1 spiro atoms. The fraction of sp³-hybridized carbons (Fsp3) is 0.618. The van der Waals surface area contributed by atoms with Gasteiger partial charge < -0.3 is 25.2 Å². The molecule has 3 aliphatic carbocycles. The van der Waals surface area contributed by atoms with Crippen molar-refractivity contribution in [2.24, 2.45) is 29.1 Å². The Morgan fingerprint density at radius 3 is 2.60 bits per heavy atom. The summed E-state index contributed by atoms with van der Waals surface area (Å²) in [5, 5.41) is 43.5. The highest BCUT2D eigenvalue weighted by atomic mass is 16.5. The van der Waals surface area contributed by atoms with Crippen molar-refractivity contribution >= 4 is 6.29 Å². The second-order valence-corrected chi connectivity index (χ2v) is 12.4. The summed E-state index contributed by atoms with van der Waals surface area (Å²) in [4.78, 5) is 12.0. The van der Waals surface area contributed by atoms with Crippen molar-refractivity contribution < 1.29 is 30.0 Å². The first-order valence-corrected chi connectivity index (χ1v) is 14.8. The smallest absolute Gasteiger partial charge is 0.145 e. The van der Waals surface area contributed by atoms with Gasteiger partial charge in [-0.05, 0) is 89.2 Å². The van der Waals surface area contributed by atoms with Gasteiger partial charge in [0.1, 0.15) is 6.29 Å². The quantitative estimate of drug-likeness (QED) is 0.0839. The number of carbonyl (C=O) groups is 1. The predicted octanol–water partition coefficient (Wildman–Crippen LogP) is 5.01. The predicted molar refractivity (Wildman–Crippen MR) is 159 cm³/mol. The number of carbonyl (C=O) groups excluding carboxylic acids is 1. The van der Waals surface area contributed by atoms with Crippen LogP contribution in [0, 0.1) is 29.1 Å². The van der Waals surface area contributed by atoms with Crippen LogP contribution in [0.2, 0.25) is 0 Å². The second-order valence-electron chi connectivity index (χ2n) is 12.4. The number of aldehydes is 1. The highest BCUT2D eigenvalue weighted by Crippen LogP contribution is 2.66. The van der Waals surface area contributed by atoms with Crippen molar-refractivity contribution in [3.8, 4) is 0 Å². The van der Waals surface area contributed by atoms with E-state index in [9.17, 15) is 25.2 Å². The molecule has 6 heteroatoms. The lowest BCUT2D eigenvalue weighted by Gasteiger charge is -2.60. The van der Waals surface area contributed by atoms with E-state index in [0.717, 1.165) is 35.8 Å². The van der Waals surface area contributed by atoms with Crippen molar-refractivity contribution in [3.63, 3.8) is 0 Å². The van der Waals surface area contributed by atoms with Crippen molar-refractivity contribution in [2.45, 2.75) is 77.9 Å². The average molecular weight is 555 g/mol. The standard InChI is InChI=1S/C34H50O6/c1-23(2)8-6-9-24(3)10-7-11-28(22-40-19-18-36)29-14-16-34(32(29)38)31-26(15-17-35)12-13-27(20-33(34,5)39)30(31)25(4)21-37/h7-8,10-13,21,26-27,29,31-32,35-36,38-39H,3,6,9,14-20,22H2,1-2,4-5H3/b10-7+,28-11-,30-25?/t26-,27-,29-,31-,32+,33+,34+/m0/s1. The van der Waals surface area contributed by atoms with E-state index in [-0.39, 0.29) is 50.1 Å². The molecule has 2 fully saturated rings. The first kappa shape index (κ1) is 32.4. The summed E-state index contributed by atoms with van der Waals surface area (Å²) < 4.78 is 5.74. The molecule has 0 amide bonds. The van der Waals surface area contributed by atoms with Crippen LogP contribution >= 0.6 is 0 Å². The molecular weight excluding hydrogens is 504 g/mol. The van der Waals surface area contributed by atoms with E-state index in [2.05, 4.69) is 38.7 Å². The summed E-state index contributed by atoms with van der Waals surface area (Å²) in [6, 6.07) is 0. The number of aliphatic hydroxyl groups excluding tert-OH is 3. The number of aliphatic hydroxyl groups is 4. The highest BCUT2D eigenvalue weighted by molar-refractivity contribution is 5.74. The minimum absolute atomic E-state index is 0.0101. The van der Waals surface area contributed by atoms with Gasteiger partial charge in [0.25, 0.3) is 0 Å². The van der Waals surface area contributed by atoms with Gasteiger partial charge in [0.15, 0.2) is 0 Å². The van der Waals surface area contributed by atoms with Gasteiger partial charge in [-0.1, -0.05) is 59.8 Å². The zero-order chi connectivity index (χ0) is 29.5. The molecule has 3 aliphatic rings. The van der Waals surface area contributed by atoms with Gasteiger partial charge in [-0.25, -0.2) is 0 Å². The van der Waals surface area contributed by atoms with E-state index >= 15 is 0 Å². The first-order chi connectivity index (χ1) is 19.0. The molecule has 0 aromatic rings. The number of fused-ring (bicyclic) bond motifs is 3. The second kappa shape index (κ2) is 14.2. The number of allylic oxidation sites excluding steroid dienone is 10. The molecule has 0 aliphatic heterocycles. The zero-order valence-electron chi connectivity index (χ0n) is 24.8. The Kier molecular flexibility index (Phi) is 11.5. The summed E-state index contributed by atoms with van der Waals surface area (Å²) in [5.41, 5.74) is 2.80. The SMILES string of the molecule is C=C(/C=C/C=C(/COCCO)[C@@H]1CC[C@]2([C@@H]1O)[C@@H]1C(=C(C)C=O)[C@@H](C=C[C@H]1CCO)C[C@@]2(C)O)CCC=C(C)C. The van der Waals surface area contributed by atoms with Gasteiger partial charge in [-0.3, -0.25) is 4.79 Å². The lowest BCUT2D eigenvalue weighted by Crippen LogP contribution is -2.63. The molecule has 0 aromatic carbocycles. The monoisotopic (exact) mass is 554 g/mol. The van der Waals surface area contributed by atoms with E-state index in [0.29, 0.717) is 31.3 Å². The summed E-state index contributed by atoms with van der Waals surface area (Å²) in [6.45, 7) is 12.3. The molecule has 0 aromatic heterocycles. The highest BCUT2D eigenvalue weighted by Gasteiger charge is 2.67. The van der Waals surface area contributed by atoms with Gasteiger partial charge in [-0.2, -0.15) is 0 Å². The van der Waals surface area contributed by atoms with Crippen LogP contribution in [0.15, 0.2) is 70.9 Å². The maximum atomic E-state index is 12.2. The Morgan fingerprint density at radius 1 is 1.20 bits per heavy atom. The van der Waals surface area contributed by atoms with Crippen molar-refractivity contribution in [2.75, 3.05) is 26.4 Å². The van der Waals surface area contributed by atoms with Crippen molar-refractivity contribution in [1.82, 2.24) is 0 Å². The van der Waals surface area contributed by atoms with Gasteiger partial charge >= 0.3 is 0 Å². The van der Waals surface area contributed by atoms with Crippen LogP contribution < -0.4 is 0 Å². The third-order valence-corrected chi connectivity index (χ3v) is 9.44. The zero-order valence-corrected chi connectivity index (χ0v) is 24.8. The first-order valence-electron chi connectivity index (χ1n) is 14.8. The van der Waals surface area contributed by atoms with Crippen LogP contribution in [0.1, 0.15) is 66.2 Å². The molecule has 7 atom stereocenters. The molecule has 2 bridgehead atoms. The summed E-state index contributed by atoms with van der Waals surface area (Å²) in [7, 11) is 0. The molecule has 6 nitrogen and oxygen atoms in total. The Hall–Kier alpha value is -2.09. The molecule has 0 unspecified atom stereocenters. The molecule has 0 heterocycles. The fourth-order valence-electron chi connectivity index (χ4n) is 7.61. The summed E-state index contributed by atoms with van der Waals surface area (Å²) in [5.74, 6) is -0.675. The van der Waals surface area contributed by atoms with Crippen LogP contribution in [0.25, 0.3) is 0 Å². The van der Waals surface area contributed by atoms with Crippen LogP contribution in [-0.4, -0.2) is 64.8 Å². The van der Waals surface area contributed by atoms with Gasteiger partial charge in [-0.15, -0.1) is 0 Å². The molecule has 0 radical (unpaired) electrons. The Morgan fingerprint density at radius 2 is 1.95 bits per heavy atom. The maximum absolute atomic E-state index is 12.2. The number of hydrogen-bond acceptors (Lipinski definition) is 6. The van der Waals surface area contributed by atoms with Crippen LogP contribution in [-0.2, 0) is 9.53 Å². The van der Waals surface area contributed by atoms with Crippen molar-refractivity contribution in [1.29, 1.82) is 0 Å². The molecular formula is C34H50O6. The minimum atomic E-state index is -1.17. The third kappa shape index (κ3) is 6.69. The lowest BCUT2D eigenvalue weighted by atomic mass is 9.46. The Bertz CT molecular complexity index is 1060. The number of ether oxygens (including phenoxy) is 1. The van der Waals surface area contributed by atoms with Gasteiger partial charge in [0, 0.05) is 23.9 Å². The number of hydrogen-bond donors (Lipinski definition) is 4. The average Bonchev–Trinajstić information content (AvgIpc) is 3.25. The van der Waals surface area contributed by atoms with E-state index in [4.69, 9.17) is 4.74 Å². The molecule has 2 saturated carbocycles. The van der Waals surface area contributed by atoms with Gasteiger partial charge in [0.05, 0.1) is 31.5 Å². The normalized spacial score (nSPS) is 34.9.